The second kappa shape index (κ2) is 5.61. The molecular weight excluding hydrogens is 310 g/mol. The van der Waals surface area contributed by atoms with Gasteiger partial charge in [0.05, 0.1) is 6.04 Å². The first-order valence-corrected chi connectivity index (χ1v) is 6.86. The van der Waals surface area contributed by atoms with Crippen molar-refractivity contribution < 1.29 is 10.0 Å². The smallest absolute Gasteiger partial charge is 0.252 e. The summed E-state index contributed by atoms with van der Waals surface area (Å²) in [4.78, 5) is 12.2. The van der Waals surface area contributed by atoms with Crippen molar-refractivity contribution in [1.82, 2.24) is 5.32 Å². The maximum absolute atomic E-state index is 12.2. The number of carbonyl (C=O) groups excluding carboxylic acids is 1. The lowest BCUT2D eigenvalue weighted by atomic mass is 10.1. The standard InChI is InChI=1S/C13H16BrN3O2/c1-7-6-9(14)4-5-10(7)13(18)16-11(8-2-3-8)12(15)17-19/h4-6,8,11,19H,2-3H2,1H3,(H2,15,17)(H,16,18). The zero-order valence-corrected chi connectivity index (χ0v) is 12.1. The molecule has 19 heavy (non-hydrogen) atoms. The van der Waals surface area contributed by atoms with Crippen LogP contribution >= 0.6 is 15.9 Å². The zero-order chi connectivity index (χ0) is 14.0. The second-order valence-corrected chi connectivity index (χ2v) is 5.69. The third kappa shape index (κ3) is 3.26. The van der Waals surface area contributed by atoms with E-state index in [4.69, 9.17) is 10.9 Å². The van der Waals surface area contributed by atoms with Gasteiger partial charge in [-0.25, -0.2) is 0 Å². The summed E-state index contributed by atoms with van der Waals surface area (Å²) in [7, 11) is 0. The summed E-state index contributed by atoms with van der Waals surface area (Å²) in [6.45, 7) is 1.87. The highest BCUT2D eigenvalue weighted by Gasteiger charge is 2.35. The molecule has 0 saturated heterocycles. The molecule has 4 N–H and O–H groups in total. The lowest BCUT2D eigenvalue weighted by Crippen LogP contribution is -2.46. The summed E-state index contributed by atoms with van der Waals surface area (Å²) in [5, 5.41) is 14.6. The Morgan fingerprint density at radius 2 is 2.26 bits per heavy atom. The number of halogens is 1. The SMILES string of the molecule is Cc1cc(Br)ccc1C(=O)NC(C(N)=NO)C1CC1. The van der Waals surface area contributed by atoms with E-state index in [1.807, 2.05) is 19.1 Å². The molecule has 1 unspecified atom stereocenters. The molecule has 1 atom stereocenters. The van der Waals surface area contributed by atoms with Crippen LogP contribution in [0.3, 0.4) is 0 Å². The van der Waals surface area contributed by atoms with Crippen LogP contribution in [-0.4, -0.2) is 23.0 Å². The average molecular weight is 326 g/mol. The van der Waals surface area contributed by atoms with Crippen LogP contribution in [0.15, 0.2) is 27.8 Å². The molecule has 1 aliphatic carbocycles. The molecule has 1 saturated carbocycles. The molecule has 0 aromatic heterocycles. The van der Waals surface area contributed by atoms with Gasteiger partial charge in [0.2, 0.25) is 0 Å². The van der Waals surface area contributed by atoms with Crippen molar-refractivity contribution >= 4 is 27.7 Å². The number of oxime groups is 1. The fourth-order valence-electron chi connectivity index (χ4n) is 2.03. The molecule has 0 radical (unpaired) electrons. The molecule has 2 rings (SSSR count). The van der Waals surface area contributed by atoms with Crippen molar-refractivity contribution in [3.63, 3.8) is 0 Å². The number of hydrogen-bond donors (Lipinski definition) is 3. The number of amides is 1. The van der Waals surface area contributed by atoms with E-state index in [0.29, 0.717) is 5.56 Å². The predicted octanol–water partition coefficient (Wildman–Crippen LogP) is 2.01. The van der Waals surface area contributed by atoms with Crippen LogP contribution in [0.4, 0.5) is 0 Å². The summed E-state index contributed by atoms with van der Waals surface area (Å²) in [5.41, 5.74) is 7.10. The highest BCUT2D eigenvalue weighted by atomic mass is 79.9. The summed E-state index contributed by atoms with van der Waals surface area (Å²) in [6, 6.07) is 5.06. The first-order chi connectivity index (χ1) is 9.02. The Morgan fingerprint density at radius 3 is 2.79 bits per heavy atom. The molecule has 0 bridgehead atoms. The number of nitrogens with one attached hydrogen (secondary N) is 1. The van der Waals surface area contributed by atoms with Gasteiger partial charge in [-0.05, 0) is 49.4 Å². The minimum atomic E-state index is -0.388. The minimum Gasteiger partial charge on any atom is -0.409 e. The lowest BCUT2D eigenvalue weighted by Gasteiger charge is -2.17. The van der Waals surface area contributed by atoms with Crippen LogP contribution in [0.5, 0.6) is 0 Å². The number of hydrogen-bond acceptors (Lipinski definition) is 3. The van der Waals surface area contributed by atoms with Gasteiger partial charge in [0, 0.05) is 10.0 Å². The van der Waals surface area contributed by atoms with E-state index >= 15 is 0 Å². The molecule has 5 nitrogen and oxygen atoms in total. The molecule has 102 valence electrons. The van der Waals surface area contributed by atoms with Gasteiger partial charge in [-0.3, -0.25) is 4.79 Å². The van der Waals surface area contributed by atoms with Gasteiger partial charge < -0.3 is 16.3 Å². The molecule has 0 aliphatic heterocycles. The monoisotopic (exact) mass is 325 g/mol. The highest BCUT2D eigenvalue weighted by Crippen LogP contribution is 2.33. The number of aryl methyl sites for hydroxylation is 1. The van der Waals surface area contributed by atoms with Crippen LogP contribution in [0.25, 0.3) is 0 Å². The Labute approximate surface area is 120 Å². The third-order valence-electron chi connectivity index (χ3n) is 3.25. The fraction of sp³-hybridized carbons (Fsp3) is 0.385. The number of nitrogens with zero attached hydrogens (tertiary/aromatic N) is 1. The first kappa shape index (κ1) is 13.9. The average Bonchev–Trinajstić information content (AvgIpc) is 3.19. The van der Waals surface area contributed by atoms with Crippen molar-refractivity contribution in [2.75, 3.05) is 0 Å². The lowest BCUT2D eigenvalue weighted by molar-refractivity contribution is 0.0942. The van der Waals surface area contributed by atoms with Crippen molar-refractivity contribution in [3.05, 3.63) is 33.8 Å². The minimum absolute atomic E-state index is 0.0608. The number of carbonyl (C=O) groups is 1. The molecule has 6 heteroatoms. The molecule has 1 fully saturated rings. The summed E-state index contributed by atoms with van der Waals surface area (Å²) < 4.78 is 0.928. The Balaban J connectivity index is 2.15. The van der Waals surface area contributed by atoms with Crippen molar-refractivity contribution in [2.45, 2.75) is 25.8 Å². The molecule has 1 aliphatic rings. The molecule has 0 heterocycles. The van der Waals surface area contributed by atoms with Crippen molar-refractivity contribution in [1.29, 1.82) is 0 Å². The van der Waals surface area contributed by atoms with Crippen molar-refractivity contribution in [3.8, 4) is 0 Å². The largest absolute Gasteiger partial charge is 0.409 e. The first-order valence-electron chi connectivity index (χ1n) is 6.07. The fourth-order valence-corrected chi connectivity index (χ4v) is 2.50. The van der Waals surface area contributed by atoms with Gasteiger partial charge in [-0.1, -0.05) is 21.1 Å². The van der Waals surface area contributed by atoms with Crippen LogP contribution in [0.1, 0.15) is 28.8 Å². The Hall–Kier alpha value is -1.56. The number of benzene rings is 1. The van der Waals surface area contributed by atoms with E-state index in [0.717, 1.165) is 22.9 Å². The van der Waals surface area contributed by atoms with Gasteiger partial charge >= 0.3 is 0 Å². The van der Waals surface area contributed by atoms with E-state index in [2.05, 4.69) is 26.4 Å². The van der Waals surface area contributed by atoms with Crippen molar-refractivity contribution in [2.24, 2.45) is 16.8 Å². The van der Waals surface area contributed by atoms with E-state index in [1.165, 1.54) is 0 Å². The number of nitrogens with two attached hydrogens (primary N) is 1. The summed E-state index contributed by atoms with van der Waals surface area (Å²) >= 11 is 3.36. The van der Waals surface area contributed by atoms with Gasteiger partial charge in [-0.2, -0.15) is 0 Å². The van der Waals surface area contributed by atoms with E-state index in [1.54, 1.807) is 6.07 Å². The van der Waals surface area contributed by atoms with Gasteiger partial charge in [-0.15, -0.1) is 0 Å². The van der Waals surface area contributed by atoms with Crippen LogP contribution in [0.2, 0.25) is 0 Å². The predicted molar refractivity (Wildman–Crippen MR) is 76.3 cm³/mol. The van der Waals surface area contributed by atoms with Crippen LogP contribution in [0, 0.1) is 12.8 Å². The normalized spacial score (nSPS) is 17.1. The van der Waals surface area contributed by atoms with Gasteiger partial charge in [0.25, 0.3) is 5.91 Å². The molecule has 1 amide bonds. The van der Waals surface area contributed by atoms with E-state index < -0.39 is 0 Å². The Kier molecular flexibility index (Phi) is 4.09. The van der Waals surface area contributed by atoms with E-state index in [9.17, 15) is 4.79 Å². The molecule has 1 aromatic carbocycles. The number of rotatable bonds is 4. The maximum atomic E-state index is 12.2. The van der Waals surface area contributed by atoms with Crippen LogP contribution in [-0.2, 0) is 0 Å². The molecular formula is C13H16BrN3O2. The van der Waals surface area contributed by atoms with E-state index in [-0.39, 0.29) is 23.7 Å². The summed E-state index contributed by atoms with van der Waals surface area (Å²) in [6.07, 6.45) is 1.97. The maximum Gasteiger partial charge on any atom is 0.252 e. The van der Waals surface area contributed by atoms with Gasteiger partial charge in [0.1, 0.15) is 0 Å². The molecule has 1 aromatic rings. The summed E-state index contributed by atoms with van der Waals surface area (Å²) in [5.74, 6) is 0.134. The Bertz CT molecular complexity index is 527. The number of amidine groups is 1. The topological polar surface area (TPSA) is 87.7 Å². The second-order valence-electron chi connectivity index (χ2n) is 4.77. The highest BCUT2D eigenvalue weighted by molar-refractivity contribution is 9.10. The quantitative estimate of drug-likeness (QED) is 0.342. The zero-order valence-electron chi connectivity index (χ0n) is 10.6. The third-order valence-corrected chi connectivity index (χ3v) is 3.74. The van der Waals surface area contributed by atoms with Gasteiger partial charge in [0.15, 0.2) is 5.84 Å². The van der Waals surface area contributed by atoms with Crippen LogP contribution < -0.4 is 11.1 Å². The Morgan fingerprint density at radius 1 is 1.58 bits per heavy atom. The molecule has 0 spiro atoms.